The van der Waals surface area contributed by atoms with Crippen LogP contribution in [0.3, 0.4) is 0 Å². The van der Waals surface area contributed by atoms with E-state index in [1.165, 1.54) is 17.3 Å². The normalized spacial score (nSPS) is 13.8. The van der Waals surface area contributed by atoms with Crippen LogP contribution in [0.5, 0.6) is 0 Å². The first kappa shape index (κ1) is 15.9. The summed E-state index contributed by atoms with van der Waals surface area (Å²) in [5.41, 5.74) is 4.26. The van der Waals surface area contributed by atoms with Gasteiger partial charge in [-0.2, -0.15) is 5.10 Å². The largest absolute Gasteiger partial charge is 0.351 e. The summed E-state index contributed by atoms with van der Waals surface area (Å²) in [5.74, 6) is 0.00974. The van der Waals surface area contributed by atoms with Crippen molar-refractivity contribution >= 4 is 16.8 Å². The van der Waals surface area contributed by atoms with E-state index in [-0.39, 0.29) is 5.91 Å². The highest BCUT2D eigenvalue weighted by molar-refractivity contribution is 5.94. The number of fused-ring (bicyclic) bond motifs is 2. The maximum Gasteiger partial charge on any atom is 0.269 e. The Balaban J connectivity index is 1.36. The summed E-state index contributed by atoms with van der Waals surface area (Å²) in [7, 11) is 1.87. The minimum Gasteiger partial charge on any atom is -0.351 e. The summed E-state index contributed by atoms with van der Waals surface area (Å²) in [6.07, 6.45) is 7.32. The molecule has 3 aromatic rings. The standard InChI is InChI=1S/C20H24N4O/c1-23-19(16-8-3-4-9-17(16)22-23)20(25)21-12-6-13-24-14-11-15-7-2-5-10-18(15)24/h2,5,7,10-11,14H,3-4,6,8-9,12-13H2,1H3,(H,21,25). The monoisotopic (exact) mass is 336 g/mol. The van der Waals surface area contributed by atoms with Crippen molar-refractivity contribution in [2.45, 2.75) is 38.6 Å². The number of carbonyl (C=O) groups is 1. The lowest BCUT2D eigenvalue weighted by atomic mass is 9.95. The van der Waals surface area contributed by atoms with Crippen molar-refractivity contribution in [2.75, 3.05) is 6.54 Å². The molecule has 0 spiro atoms. The first-order valence-electron chi connectivity index (χ1n) is 9.11. The van der Waals surface area contributed by atoms with E-state index in [1.807, 2.05) is 7.05 Å². The molecule has 1 amide bonds. The van der Waals surface area contributed by atoms with Crippen molar-refractivity contribution in [1.29, 1.82) is 0 Å². The number of nitrogens with one attached hydrogen (secondary N) is 1. The molecule has 4 rings (SSSR count). The van der Waals surface area contributed by atoms with E-state index in [4.69, 9.17) is 0 Å². The van der Waals surface area contributed by atoms with Crippen LogP contribution in [0.2, 0.25) is 0 Å². The van der Waals surface area contributed by atoms with E-state index in [1.54, 1.807) is 4.68 Å². The molecule has 0 unspecified atom stereocenters. The molecular weight excluding hydrogens is 312 g/mol. The van der Waals surface area contributed by atoms with E-state index < -0.39 is 0 Å². The van der Waals surface area contributed by atoms with Gasteiger partial charge in [0.1, 0.15) is 5.69 Å². The fraction of sp³-hybridized carbons (Fsp3) is 0.400. The third-order valence-electron chi connectivity index (χ3n) is 5.08. The second-order valence-electron chi connectivity index (χ2n) is 6.78. The molecule has 130 valence electrons. The van der Waals surface area contributed by atoms with Crippen LogP contribution in [0, 0.1) is 0 Å². The van der Waals surface area contributed by atoms with Crippen LogP contribution in [0.25, 0.3) is 10.9 Å². The third kappa shape index (κ3) is 3.06. The van der Waals surface area contributed by atoms with Gasteiger partial charge in [-0.3, -0.25) is 9.48 Å². The van der Waals surface area contributed by atoms with E-state index >= 15 is 0 Å². The maximum absolute atomic E-state index is 12.6. The van der Waals surface area contributed by atoms with Gasteiger partial charge in [-0.1, -0.05) is 18.2 Å². The number of hydrogen-bond donors (Lipinski definition) is 1. The lowest BCUT2D eigenvalue weighted by Gasteiger charge is -2.12. The Kier molecular flexibility index (Phi) is 4.30. The molecule has 5 nitrogen and oxygen atoms in total. The van der Waals surface area contributed by atoms with E-state index in [0.29, 0.717) is 6.54 Å². The van der Waals surface area contributed by atoms with Gasteiger partial charge in [0.15, 0.2) is 0 Å². The second-order valence-corrected chi connectivity index (χ2v) is 6.78. The molecule has 0 atom stereocenters. The van der Waals surface area contributed by atoms with Crippen LogP contribution in [0.4, 0.5) is 0 Å². The van der Waals surface area contributed by atoms with Crippen LogP contribution < -0.4 is 5.32 Å². The van der Waals surface area contributed by atoms with Gasteiger partial charge in [0, 0.05) is 37.4 Å². The molecular formula is C20H24N4O. The SMILES string of the molecule is Cn1nc2c(c1C(=O)NCCCn1ccc3ccccc31)CCCC2. The van der Waals surface area contributed by atoms with Gasteiger partial charge in [-0.15, -0.1) is 0 Å². The summed E-state index contributed by atoms with van der Waals surface area (Å²) in [6.45, 7) is 1.57. The molecule has 2 aromatic heterocycles. The Bertz CT molecular complexity index is 906. The molecule has 0 bridgehead atoms. The van der Waals surface area contributed by atoms with Gasteiger partial charge in [-0.25, -0.2) is 0 Å². The van der Waals surface area contributed by atoms with Crippen LogP contribution in [-0.4, -0.2) is 26.8 Å². The van der Waals surface area contributed by atoms with E-state index in [2.05, 4.69) is 51.5 Å². The number of nitrogens with zero attached hydrogens (tertiary/aromatic N) is 3. The molecule has 1 aromatic carbocycles. The topological polar surface area (TPSA) is 51.9 Å². The fourth-order valence-corrected chi connectivity index (χ4v) is 3.84. The molecule has 5 heteroatoms. The molecule has 2 heterocycles. The third-order valence-corrected chi connectivity index (χ3v) is 5.08. The summed E-state index contributed by atoms with van der Waals surface area (Å²) >= 11 is 0. The van der Waals surface area contributed by atoms with Crippen LogP contribution >= 0.6 is 0 Å². The lowest BCUT2D eigenvalue weighted by molar-refractivity contribution is 0.0942. The highest BCUT2D eigenvalue weighted by atomic mass is 16.2. The Morgan fingerprint density at radius 1 is 1.20 bits per heavy atom. The van der Waals surface area contributed by atoms with Crippen molar-refractivity contribution in [1.82, 2.24) is 19.7 Å². The molecule has 1 N–H and O–H groups in total. The van der Waals surface area contributed by atoms with Gasteiger partial charge >= 0.3 is 0 Å². The molecule has 1 aliphatic rings. The quantitative estimate of drug-likeness (QED) is 0.728. The van der Waals surface area contributed by atoms with Crippen molar-refractivity contribution in [3.63, 3.8) is 0 Å². The first-order chi connectivity index (χ1) is 12.2. The molecule has 0 saturated heterocycles. The number of carbonyl (C=O) groups excluding carboxylic acids is 1. The molecule has 0 saturated carbocycles. The summed E-state index contributed by atoms with van der Waals surface area (Å²) in [4.78, 5) is 12.6. The predicted molar refractivity (Wildman–Crippen MR) is 98.7 cm³/mol. The summed E-state index contributed by atoms with van der Waals surface area (Å²) < 4.78 is 4.00. The van der Waals surface area contributed by atoms with Gasteiger partial charge in [0.25, 0.3) is 5.91 Å². The molecule has 25 heavy (non-hydrogen) atoms. The molecule has 0 fully saturated rings. The van der Waals surface area contributed by atoms with Gasteiger partial charge in [0.05, 0.1) is 5.69 Å². The Morgan fingerprint density at radius 2 is 2.04 bits per heavy atom. The van der Waals surface area contributed by atoms with Crippen molar-refractivity contribution in [3.05, 3.63) is 53.5 Å². The van der Waals surface area contributed by atoms with E-state index in [0.717, 1.165) is 49.2 Å². The predicted octanol–water partition coefficient (Wildman–Crippen LogP) is 3.07. The van der Waals surface area contributed by atoms with Crippen LogP contribution in [0.15, 0.2) is 36.5 Å². The number of para-hydroxylation sites is 1. The fourth-order valence-electron chi connectivity index (χ4n) is 3.84. The van der Waals surface area contributed by atoms with Crippen LogP contribution in [-0.2, 0) is 26.4 Å². The number of hydrogen-bond acceptors (Lipinski definition) is 2. The number of rotatable bonds is 5. The van der Waals surface area contributed by atoms with E-state index in [9.17, 15) is 4.79 Å². The number of benzene rings is 1. The smallest absolute Gasteiger partial charge is 0.269 e. The van der Waals surface area contributed by atoms with Gasteiger partial charge in [-0.05, 0) is 49.6 Å². The maximum atomic E-state index is 12.6. The zero-order chi connectivity index (χ0) is 17.2. The average molecular weight is 336 g/mol. The Labute approximate surface area is 147 Å². The first-order valence-corrected chi connectivity index (χ1v) is 9.11. The van der Waals surface area contributed by atoms with Crippen molar-refractivity contribution in [3.8, 4) is 0 Å². The van der Waals surface area contributed by atoms with Crippen molar-refractivity contribution < 1.29 is 4.79 Å². The number of aromatic nitrogens is 3. The number of aryl methyl sites for hydroxylation is 3. The minimum absolute atomic E-state index is 0.00974. The van der Waals surface area contributed by atoms with Crippen LogP contribution in [0.1, 0.15) is 41.0 Å². The highest BCUT2D eigenvalue weighted by Gasteiger charge is 2.23. The lowest BCUT2D eigenvalue weighted by Crippen LogP contribution is -2.28. The zero-order valence-corrected chi connectivity index (χ0v) is 14.7. The molecule has 0 aliphatic heterocycles. The van der Waals surface area contributed by atoms with Crippen molar-refractivity contribution in [2.24, 2.45) is 7.05 Å². The average Bonchev–Trinajstić information content (AvgIpc) is 3.18. The second kappa shape index (κ2) is 6.75. The number of amides is 1. The molecule has 0 radical (unpaired) electrons. The minimum atomic E-state index is 0.00974. The molecule has 1 aliphatic carbocycles. The Hall–Kier alpha value is -2.56. The summed E-state index contributed by atoms with van der Waals surface area (Å²) in [6, 6.07) is 10.5. The van der Waals surface area contributed by atoms with Gasteiger partial charge < -0.3 is 9.88 Å². The summed E-state index contributed by atoms with van der Waals surface area (Å²) in [5, 5.41) is 8.86. The highest BCUT2D eigenvalue weighted by Crippen LogP contribution is 2.23. The van der Waals surface area contributed by atoms with Gasteiger partial charge in [0.2, 0.25) is 0 Å². The Morgan fingerprint density at radius 3 is 2.96 bits per heavy atom. The zero-order valence-electron chi connectivity index (χ0n) is 14.7.